The van der Waals surface area contributed by atoms with Crippen LogP contribution in [0.15, 0.2) is 42.5 Å². The summed E-state index contributed by atoms with van der Waals surface area (Å²) in [4.78, 5) is 23.5. The van der Waals surface area contributed by atoms with Crippen molar-refractivity contribution in [3.63, 3.8) is 0 Å². The third-order valence-corrected chi connectivity index (χ3v) is 3.36. The Morgan fingerprint density at radius 1 is 1.16 bits per heavy atom. The van der Waals surface area contributed by atoms with E-state index in [0.717, 1.165) is 12.1 Å². The van der Waals surface area contributed by atoms with Gasteiger partial charge in [-0.15, -0.1) is 0 Å². The van der Waals surface area contributed by atoms with Crippen LogP contribution in [0.3, 0.4) is 0 Å². The summed E-state index contributed by atoms with van der Waals surface area (Å²) in [6.45, 7) is -0.764. The van der Waals surface area contributed by atoms with E-state index in [-0.39, 0.29) is 22.0 Å². The van der Waals surface area contributed by atoms with Crippen LogP contribution < -0.4 is 5.32 Å². The fourth-order valence-corrected chi connectivity index (χ4v) is 2.00. The Hall–Kier alpha value is -2.74. The third kappa shape index (κ3) is 4.87. The molecule has 0 atom stereocenters. The van der Waals surface area contributed by atoms with Crippen LogP contribution in [0.5, 0.6) is 5.75 Å². The van der Waals surface area contributed by atoms with Crippen molar-refractivity contribution in [1.82, 2.24) is 0 Å². The molecule has 5 nitrogen and oxygen atoms in total. The fourth-order valence-electron chi connectivity index (χ4n) is 1.84. The molecule has 0 aliphatic rings. The van der Waals surface area contributed by atoms with Gasteiger partial charge >= 0.3 is 12.1 Å². The van der Waals surface area contributed by atoms with Gasteiger partial charge in [0.15, 0.2) is 6.61 Å². The van der Waals surface area contributed by atoms with Gasteiger partial charge in [-0.05, 0) is 30.3 Å². The zero-order valence-electron chi connectivity index (χ0n) is 12.4. The summed E-state index contributed by atoms with van der Waals surface area (Å²) < 4.78 is 42.7. The molecule has 2 aromatic carbocycles. The molecule has 0 aliphatic carbocycles. The van der Waals surface area contributed by atoms with Crippen LogP contribution in [0.25, 0.3) is 0 Å². The molecule has 2 rings (SSSR count). The monoisotopic (exact) mass is 373 g/mol. The second kappa shape index (κ2) is 7.43. The van der Waals surface area contributed by atoms with E-state index in [2.05, 4.69) is 5.32 Å². The molecule has 0 unspecified atom stereocenters. The van der Waals surface area contributed by atoms with Gasteiger partial charge in [0.2, 0.25) is 0 Å². The summed E-state index contributed by atoms with van der Waals surface area (Å²) in [5.74, 6) is -2.16. The van der Waals surface area contributed by atoms with Gasteiger partial charge in [0, 0.05) is 0 Å². The molecule has 0 aliphatic heterocycles. The lowest BCUT2D eigenvalue weighted by molar-refractivity contribution is -0.137. The average Bonchev–Trinajstić information content (AvgIpc) is 2.54. The number of hydrogen-bond donors (Lipinski definition) is 2. The topological polar surface area (TPSA) is 75.6 Å². The van der Waals surface area contributed by atoms with Crippen molar-refractivity contribution in [3.8, 4) is 5.75 Å². The molecule has 0 bridgehead atoms. The van der Waals surface area contributed by atoms with Crippen LogP contribution in [-0.2, 0) is 15.7 Å². The minimum Gasteiger partial charge on any atom is -0.507 e. The number of alkyl halides is 3. The zero-order chi connectivity index (χ0) is 18.6. The van der Waals surface area contributed by atoms with Crippen LogP contribution in [0.2, 0.25) is 5.02 Å². The highest BCUT2D eigenvalue weighted by molar-refractivity contribution is 6.33. The Morgan fingerprint density at radius 2 is 1.84 bits per heavy atom. The summed E-state index contributed by atoms with van der Waals surface area (Å²) in [5.41, 5.74) is -1.40. The van der Waals surface area contributed by atoms with Gasteiger partial charge in [0.1, 0.15) is 11.3 Å². The number of phenols is 1. The van der Waals surface area contributed by atoms with Crippen LogP contribution >= 0.6 is 11.6 Å². The summed E-state index contributed by atoms with van der Waals surface area (Å²) in [6.07, 6.45) is -4.60. The first-order valence-corrected chi connectivity index (χ1v) is 7.18. The smallest absolute Gasteiger partial charge is 0.416 e. The molecule has 0 saturated carbocycles. The van der Waals surface area contributed by atoms with Crippen molar-refractivity contribution in [2.75, 3.05) is 11.9 Å². The maximum Gasteiger partial charge on any atom is 0.416 e. The molecule has 0 radical (unpaired) electrons. The van der Waals surface area contributed by atoms with Crippen molar-refractivity contribution in [2.45, 2.75) is 6.18 Å². The predicted molar refractivity (Wildman–Crippen MR) is 83.5 cm³/mol. The van der Waals surface area contributed by atoms with Gasteiger partial charge in [-0.2, -0.15) is 13.2 Å². The summed E-state index contributed by atoms with van der Waals surface area (Å²) in [5, 5.41) is 11.5. The minimum atomic E-state index is -4.60. The highest BCUT2D eigenvalue weighted by Crippen LogP contribution is 2.33. The normalized spacial score (nSPS) is 11.0. The maximum absolute atomic E-state index is 12.7. The second-order valence-electron chi connectivity index (χ2n) is 4.83. The molecule has 0 saturated heterocycles. The van der Waals surface area contributed by atoms with Gasteiger partial charge < -0.3 is 15.2 Å². The van der Waals surface area contributed by atoms with E-state index < -0.39 is 30.2 Å². The summed E-state index contributed by atoms with van der Waals surface area (Å²) in [7, 11) is 0. The van der Waals surface area contributed by atoms with Gasteiger partial charge in [-0.25, -0.2) is 4.79 Å². The molecule has 0 fully saturated rings. The Labute approximate surface area is 145 Å². The number of benzene rings is 2. The maximum atomic E-state index is 12.7. The molecular formula is C16H11ClF3NO4. The first-order valence-electron chi connectivity index (χ1n) is 6.80. The number of aromatic hydroxyl groups is 1. The molecule has 9 heteroatoms. The number of nitrogens with one attached hydrogen (secondary N) is 1. The molecule has 2 N–H and O–H groups in total. The van der Waals surface area contributed by atoms with Crippen molar-refractivity contribution >= 4 is 29.2 Å². The molecule has 2 aromatic rings. The molecule has 132 valence electrons. The number of halogens is 4. The van der Waals surface area contributed by atoms with Crippen LogP contribution in [0, 0.1) is 0 Å². The van der Waals surface area contributed by atoms with Crippen molar-refractivity contribution in [3.05, 3.63) is 58.6 Å². The highest BCUT2D eigenvalue weighted by atomic mass is 35.5. The summed E-state index contributed by atoms with van der Waals surface area (Å²) >= 11 is 5.75. The lowest BCUT2D eigenvalue weighted by Gasteiger charge is -2.12. The highest BCUT2D eigenvalue weighted by Gasteiger charge is 2.31. The van der Waals surface area contributed by atoms with E-state index in [1.165, 1.54) is 24.3 Å². The van der Waals surface area contributed by atoms with Gasteiger partial charge in [-0.3, -0.25) is 4.79 Å². The second-order valence-corrected chi connectivity index (χ2v) is 5.24. The first kappa shape index (κ1) is 18.6. The number of carbonyl (C=O) groups is 2. The number of rotatable bonds is 4. The molecule has 0 heterocycles. The van der Waals surface area contributed by atoms with Crippen LogP contribution in [-0.4, -0.2) is 23.6 Å². The predicted octanol–water partition coefficient (Wildman–Crippen LogP) is 3.86. The first-order chi connectivity index (χ1) is 11.7. The number of para-hydroxylation sites is 1. The largest absolute Gasteiger partial charge is 0.507 e. The van der Waals surface area contributed by atoms with E-state index in [0.29, 0.717) is 6.07 Å². The molecule has 1 amide bonds. The number of ether oxygens (including phenoxy) is 1. The van der Waals surface area contributed by atoms with E-state index >= 15 is 0 Å². The Kier molecular flexibility index (Phi) is 5.53. The quantitative estimate of drug-likeness (QED) is 0.798. The molecule has 0 spiro atoms. The molecule has 0 aromatic heterocycles. The van der Waals surface area contributed by atoms with Gasteiger partial charge in [0.05, 0.1) is 16.3 Å². The molecular weight excluding hydrogens is 363 g/mol. The molecule has 25 heavy (non-hydrogen) atoms. The Morgan fingerprint density at radius 3 is 2.48 bits per heavy atom. The minimum absolute atomic E-state index is 0.103. The van der Waals surface area contributed by atoms with Gasteiger partial charge in [0.25, 0.3) is 5.91 Å². The fraction of sp³-hybridized carbons (Fsp3) is 0.125. The van der Waals surface area contributed by atoms with E-state index in [1.807, 2.05) is 0 Å². The van der Waals surface area contributed by atoms with E-state index in [1.54, 1.807) is 0 Å². The number of amides is 1. The van der Waals surface area contributed by atoms with E-state index in [4.69, 9.17) is 16.3 Å². The van der Waals surface area contributed by atoms with E-state index in [9.17, 15) is 27.9 Å². The lowest BCUT2D eigenvalue weighted by atomic mass is 10.2. The number of phenolic OH excluding ortho intramolecular Hbond substituents is 1. The standard InChI is InChI=1S/C16H11ClF3NO4/c17-11-6-5-9(16(18,19)20)7-12(11)21-14(23)8-25-15(24)10-3-1-2-4-13(10)22/h1-7,22H,8H2,(H,21,23). The lowest BCUT2D eigenvalue weighted by Crippen LogP contribution is -2.21. The van der Waals surface area contributed by atoms with Crippen LogP contribution in [0.4, 0.5) is 18.9 Å². The van der Waals surface area contributed by atoms with Crippen molar-refractivity contribution in [2.24, 2.45) is 0 Å². The zero-order valence-corrected chi connectivity index (χ0v) is 13.2. The number of hydrogen-bond acceptors (Lipinski definition) is 4. The number of carbonyl (C=O) groups excluding carboxylic acids is 2. The van der Waals surface area contributed by atoms with Gasteiger partial charge in [-0.1, -0.05) is 23.7 Å². The Bertz CT molecular complexity index is 808. The SMILES string of the molecule is O=C(COC(=O)c1ccccc1O)Nc1cc(C(F)(F)F)ccc1Cl. The number of anilines is 1. The van der Waals surface area contributed by atoms with Crippen molar-refractivity contribution in [1.29, 1.82) is 0 Å². The summed E-state index contributed by atoms with van der Waals surface area (Å²) in [6, 6.07) is 7.97. The Balaban J connectivity index is 2.01. The van der Waals surface area contributed by atoms with Crippen LogP contribution in [0.1, 0.15) is 15.9 Å². The number of esters is 1. The third-order valence-electron chi connectivity index (χ3n) is 3.03. The average molecular weight is 374 g/mol. The van der Waals surface area contributed by atoms with Crippen molar-refractivity contribution < 1.29 is 32.6 Å².